The average molecular weight is 342 g/mol. The van der Waals surface area contributed by atoms with E-state index in [1.807, 2.05) is 0 Å². The van der Waals surface area contributed by atoms with Crippen LogP contribution in [0.3, 0.4) is 0 Å². The molecule has 2 aromatic rings. The number of allylic oxidation sites excluding steroid dienone is 1. The van der Waals surface area contributed by atoms with Crippen LogP contribution in [-0.4, -0.2) is 20.3 Å². The predicted octanol–water partition coefficient (Wildman–Crippen LogP) is 3.52. The monoisotopic (exact) mass is 342 g/mol. The van der Waals surface area contributed by atoms with Crippen LogP contribution in [0.1, 0.15) is 30.2 Å². The number of ketones is 1. The summed E-state index contributed by atoms with van der Waals surface area (Å²) in [5.41, 5.74) is 0.929. The van der Waals surface area contributed by atoms with Crippen molar-refractivity contribution in [1.82, 2.24) is 0 Å². The molecule has 0 bridgehead atoms. The summed E-state index contributed by atoms with van der Waals surface area (Å²) in [6.45, 7) is 3.54. The van der Waals surface area contributed by atoms with Gasteiger partial charge in [0, 0.05) is 0 Å². The molecule has 24 heavy (non-hydrogen) atoms. The Morgan fingerprint density at radius 1 is 0.917 bits per heavy atom. The lowest BCUT2D eigenvalue weighted by atomic mass is 10.1. The Morgan fingerprint density at radius 3 is 2.00 bits per heavy atom. The molecule has 5 heteroatoms. The van der Waals surface area contributed by atoms with E-state index >= 15 is 0 Å². The number of carbonyl (C=O) groups excluding carboxylic acids is 1. The first-order valence-electron chi connectivity index (χ1n) is 7.72. The minimum Gasteiger partial charge on any atom is -0.486 e. The van der Waals surface area contributed by atoms with Crippen LogP contribution in [0.25, 0.3) is 4.91 Å². The molecular formula is C19H18O4S. The molecule has 0 saturated heterocycles. The number of ether oxygens (including phenoxy) is 1. The van der Waals surface area contributed by atoms with Gasteiger partial charge >= 0.3 is 0 Å². The third-order valence-corrected chi connectivity index (χ3v) is 5.85. The summed E-state index contributed by atoms with van der Waals surface area (Å²) in [4.78, 5) is 12.9. The Kier molecular flexibility index (Phi) is 4.28. The molecule has 0 aromatic heterocycles. The van der Waals surface area contributed by atoms with E-state index in [1.54, 1.807) is 74.5 Å². The summed E-state index contributed by atoms with van der Waals surface area (Å²) in [7, 11) is -3.87. The van der Waals surface area contributed by atoms with Crippen molar-refractivity contribution in [3.63, 3.8) is 0 Å². The molecule has 0 amide bonds. The van der Waals surface area contributed by atoms with Crippen molar-refractivity contribution in [2.45, 2.75) is 25.2 Å². The quantitative estimate of drug-likeness (QED) is 0.853. The van der Waals surface area contributed by atoms with Gasteiger partial charge in [-0.2, -0.15) is 0 Å². The van der Waals surface area contributed by atoms with Crippen LogP contribution < -0.4 is 0 Å². The summed E-state index contributed by atoms with van der Waals surface area (Å²) in [6, 6.07) is 17.2. The Balaban J connectivity index is 2.21. The highest BCUT2D eigenvalue weighted by Gasteiger charge is 2.49. The highest BCUT2D eigenvalue weighted by Crippen LogP contribution is 2.44. The molecule has 1 atom stereocenters. The first-order chi connectivity index (χ1) is 11.4. The smallest absolute Gasteiger partial charge is 0.221 e. The lowest BCUT2D eigenvalue weighted by Gasteiger charge is -2.11. The van der Waals surface area contributed by atoms with E-state index < -0.39 is 20.9 Å². The van der Waals surface area contributed by atoms with Crippen molar-refractivity contribution >= 4 is 20.5 Å². The maximum Gasteiger partial charge on any atom is 0.221 e. The summed E-state index contributed by atoms with van der Waals surface area (Å²) in [6.07, 6.45) is -0.299. The number of hydrogen-bond acceptors (Lipinski definition) is 4. The minimum atomic E-state index is -3.87. The van der Waals surface area contributed by atoms with Crippen LogP contribution in [0.4, 0.5) is 0 Å². The van der Waals surface area contributed by atoms with Gasteiger partial charge in [-0.15, -0.1) is 0 Å². The fourth-order valence-electron chi connectivity index (χ4n) is 2.81. The standard InChI is InChI=1S/C19H18O4S/c1-13(2)23-17-16(20)18(14-9-5-3-6-10-14)24(21,22)19(17)15-11-7-4-8-12-15/h3-13,18H,1-2H3. The number of Topliss-reactive ketones (excluding diaryl/α,β-unsaturated/α-hetero) is 1. The topological polar surface area (TPSA) is 60.4 Å². The zero-order chi connectivity index (χ0) is 17.3. The van der Waals surface area contributed by atoms with Gasteiger partial charge in [-0.05, 0) is 25.0 Å². The summed E-state index contributed by atoms with van der Waals surface area (Å²) >= 11 is 0. The summed E-state index contributed by atoms with van der Waals surface area (Å²) in [5, 5.41) is -1.25. The van der Waals surface area contributed by atoms with Gasteiger partial charge in [0.05, 0.1) is 6.10 Å². The Bertz CT molecular complexity index is 881. The molecular weight excluding hydrogens is 324 g/mol. The maximum atomic E-state index is 13.1. The highest BCUT2D eigenvalue weighted by atomic mass is 32.2. The second-order valence-electron chi connectivity index (χ2n) is 5.89. The fourth-order valence-corrected chi connectivity index (χ4v) is 4.82. The zero-order valence-electron chi connectivity index (χ0n) is 13.5. The number of benzene rings is 2. The van der Waals surface area contributed by atoms with Crippen molar-refractivity contribution in [3.05, 3.63) is 77.5 Å². The summed E-state index contributed by atoms with van der Waals surface area (Å²) < 4.78 is 31.9. The molecule has 1 heterocycles. The van der Waals surface area contributed by atoms with E-state index in [-0.39, 0.29) is 16.8 Å². The SMILES string of the molecule is CC(C)OC1=C(c2ccccc2)S(=O)(=O)C(c2ccccc2)C1=O. The van der Waals surface area contributed by atoms with Crippen LogP contribution in [0.15, 0.2) is 66.4 Å². The van der Waals surface area contributed by atoms with Gasteiger partial charge in [0.15, 0.2) is 20.8 Å². The molecule has 0 spiro atoms. The second-order valence-corrected chi connectivity index (χ2v) is 7.86. The molecule has 2 aromatic carbocycles. The number of hydrogen-bond donors (Lipinski definition) is 0. The normalized spacial score (nSPS) is 19.8. The van der Waals surface area contributed by atoms with Crippen molar-refractivity contribution in [2.24, 2.45) is 0 Å². The van der Waals surface area contributed by atoms with E-state index in [2.05, 4.69) is 0 Å². The molecule has 0 radical (unpaired) electrons. The van der Waals surface area contributed by atoms with E-state index in [0.717, 1.165) is 0 Å². The molecule has 1 unspecified atom stereocenters. The second kappa shape index (κ2) is 6.24. The zero-order valence-corrected chi connectivity index (χ0v) is 14.3. The van der Waals surface area contributed by atoms with Crippen molar-refractivity contribution < 1.29 is 17.9 Å². The van der Waals surface area contributed by atoms with E-state index in [9.17, 15) is 13.2 Å². The Morgan fingerprint density at radius 2 is 1.46 bits per heavy atom. The van der Waals surface area contributed by atoms with Crippen LogP contribution in [-0.2, 0) is 19.4 Å². The Labute approximate surface area is 141 Å². The van der Waals surface area contributed by atoms with Gasteiger partial charge in [0.2, 0.25) is 5.78 Å². The fraction of sp³-hybridized carbons (Fsp3) is 0.211. The number of carbonyl (C=O) groups is 1. The molecule has 124 valence electrons. The molecule has 3 rings (SSSR count). The van der Waals surface area contributed by atoms with E-state index in [4.69, 9.17) is 4.74 Å². The maximum absolute atomic E-state index is 13.1. The van der Waals surface area contributed by atoms with Crippen LogP contribution in [0.5, 0.6) is 0 Å². The third-order valence-electron chi connectivity index (χ3n) is 3.75. The van der Waals surface area contributed by atoms with Gasteiger partial charge in [-0.25, -0.2) is 8.42 Å². The highest BCUT2D eigenvalue weighted by molar-refractivity contribution is 8.02. The van der Waals surface area contributed by atoms with Gasteiger partial charge < -0.3 is 4.74 Å². The molecule has 1 aliphatic rings. The van der Waals surface area contributed by atoms with Gasteiger partial charge in [-0.3, -0.25) is 4.79 Å². The molecule has 0 fully saturated rings. The van der Waals surface area contributed by atoms with Crippen molar-refractivity contribution in [2.75, 3.05) is 0 Å². The van der Waals surface area contributed by atoms with Crippen LogP contribution in [0.2, 0.25) is 0 Å². The van der Waals surface area contributed by atoms with Crippen molar-refractivity contribution in [3.8, 4) is 0 Å². The van der Waals surface area contributed by atoms with Crippen LogP contribution >= 0.6 is 0 Å². The molecule has 4 nitrogen and oxygen atoms in total. The minimum absolute atomic E-state index is 0.0179. The predicted molar refractivity (Wildman–Crippen MR) is 92.7 cm³/mol. The lowest BCUT2D eigenvalue weighted by Crippen LogP contribution is -2.17. The van der Waals surface area contributed by atoms with Gasteiger partial charge in [0.25, 0.3) is 0 Å². The summed E-state index contributed by atoms with van der Waals surface area (Å²) in [5.74, 6) is -0.571. The molecule has 0 N–H and O–H groups in total. The average Bonchev–Trinajstić information content (AvgIpc) is 2.74. The molecule has 0 aliphatic carbocycles. The van der Waals surface area contributed by atoms with E-state index in [1.165, 1.54) is 0 Å². The Hall–Kier alpha value is -2.40. The molecule has 0 saturated carbocycles. The van der Waals surface area contributed by atoms with Gasteiger partial charge in [-0.1, -0.05) is 60.7 Å². The largest absolute Gasteiger partial charge is 0.486 e. The number of rotatable bonds is 4. The first kappa shape index (κ1) is 16.5. The number of sulfone groups is 1. The third kappa shape index (κ3) is 2.76. The molecule has 1 aliphatic heterocycles. The van der Waals surface area contributed by atoms with Crippen LogP contribution in [0, 0.1) is 0 Å². The van der Waals surface area contributed by atoms with E-state index in [0.29, 0.717) is 11.1 Å². The van der Waals surface area contributed by atoms with Crippen molar-refractivity contribution in [1.29, 1.82) is 0 Å². The lowest BCUT2D eigenvalue weighted by molar-refractivity contribution is -0.118. The van der Waals surface area contributed by atoms with Gasteiger partial charge in [0.1, 0.15) is 4.91 Å². The first-order valence-corrected chi connectivity index (χ1v) is 9.27.